The van der Waals surface area contributed by atoms with Crippen LogP contribution in [0.25, 0.3) is 21.9 Å². The van der Waals surface area contributed by atoms with Gasteiger partial charge in [0.05, 0.1) is 5.56 Å². The summed E-state index contributed by atoms with van der Waals surface area (Å²) in [4.78, 5) is 0. The van der Waals surface area contributed by atoms with Gasteiger partial charge in [-0.25, -0.2) is 8.78 Å². The molecule has 0 spiro atoms. The van der Waals surface area contributed by atoms with Crippen molar-refractivity contribution in [2.45, 2.75) is 70.4 Å². The minimum atomic E-state index is -4.84. The monoisotopic (exact) mass is 450 g/mol. The first-order valence-electron chi connectivity index (χ1n) is 11.6. The van der Waals surface area contributed by atoms with Crippen molar-refractivity contribution in [3.05, 3.63) is 47.0 Å². The van der Waals surface area contributed by atoms with Crippen LogP contribution >= 0.6 is 0 Å². The Morgan fingerprint density at radius 3 is 1.84 bits per heavy atom. The van der Waals surface area contributed by atoms with Crippen LogP contribution in [0.15, 0.2) is 28.7 Å². The van der Waals surface area contributed by atoms with Crippen molar-refractivity contribution >= 4 is 21.9 Å². The summed E-state index contributed by atoms with van der Waals surface area (Å²) < 4.78 is 74.4. The largest absolute Gasteiger partial charge is 0.450 e. The van der Waals surface area contributed by atoms with E-state index < -0.39 is 29.0 Å². The Kier molecular flexibility index (Phi) is 5.45. The van der Waals surface area contributed by atoms with E-state index in [-0.39, 0.29) is 16.9 Å². The van der Waals surface area contributed by atoms with Gasteiger partial charge in [-0.05, 0) is 86.0 Å². The van der Waals surface area contributed by atoms with Gasteiger partial charge in [0.15, 0.2) is 22.8 Å². The number of furan rings is 1. The van der Waals surface area contributed by atoms with E-state index in [1.807, 2.05) is 0 Å². The summed E-state index contributed by atoms with van der Waals surface area (Å²) in [6.45, 7) is 2.32. The Bertz CT molecular complexity index is 1130. The SMILES string of the molecule is CC1CCC(C2CCC(c3ccc4c(oc5c(F)c(C(F)(F)F)ccc54)c3F)CC2)CC1. The van der Waals surface area contributed by atoms with Crippen molar-refractivity contribution in [1.82, 2.24) is 0 Å². The van der Waals surface area contributed by atoms with Crippen molar-refractivity contribution in [2.75, 3.05) is 0 Å². The molecular formula is C26H27F5O. The first kappa shape index (κ1) is 21.7. The summed E-state index contributed by atoms with van der Waals surface area (Å²) in [5.74, 6) is 0.301. The zero-order valence-corrected chi connectivity index (χ0v) is 18.1. The molecule has 0 saturated heterocycles. The Morgan fingerprint density at radius 1 is 0.719 bits per heavy atom. The Labute approximate surface area is 184 Å². The van der Waals surface area contributed by atoms with Crippen LogP contribution in [-0.4, -0.2) is 0 Å². The Hall–Kier alpha value is -2.11. The van der Waals surface area contributed by atoms with Gasteiger partial charge in [-0.2, -0.15) is 13.2 Å². The highest BCUT2D eigenvalue weighted by Gasteiger charge is 2.36. The van der Waals surface area contributed by atoms with Crippen molar-refractivity contribution in [3.8, 4) is 0 Å². The highest BCUT2D eigenvalue weighted by atomic mass is 19.4. The Morgan fingerprint density at radius 2 is 1.25 bits per heavy atom. The van der Waals surface area contributed by atoms with Gasteiger partial charge in [0.25, 0.3) is 0 Å². The van der Waals surface area contributed by atoms with E-state index in [1.54, 1.807) is 12.1 Å². The third-order valence-corrected chi connectivity index (χ3v) is 7.96. The molecule has 2 aromatic carbocycles. The van der Waals surface area contributed by atoms with E-state index in [9.17, 15) is 17.6 Å². The molecular weight excluding hydrogens is 423 g/mol. The average Bonchev–Trinajstić information content (AvgIpc) is 3.15. The molecule has 2 fully saturated rings. The molecule has 5 rings (SSSR count). The maximum atomic E-state index is 15.4. The number of hydrogen-bond donors (Lipinski definition) is 0. The molecule has 1 nitrogen and oxygen atoms in total. The molecule has 0 radical (unpaired) electrons. The van der Waals surface area contributed by atoms with Gasteiger partial charge >= 0.3 is 6.18 Å². The Balaban J connectivity index is 1.41. The van der Waals surface area contributed by atoms with Gasteiger partial charge < -0.3 is 4.42 Å². The van der Waals surface area contributed by atoms with E-state index in [0.717, 1.165) is 43.6 Å². The fraction of sp³-hybridized carbons (Fsp3) is 0.538. The van der Waals surface area contributed by atoms with Gasteiger partial charge in [0.2, 0.25) is 0 Å². The molecule has 1 heterocycles. The molecule has 0 unspecified atom stereocenters. The first-order valence-corrected chi connectivity index (χ1v) is 11.6. The summed E-state index contributed by atoms with van der Waals surface area (Å²) >= 11 is 0. The summed E-state index contributed by atoms with van der Waals surface area (Å²) in [5.41, 5.74) is -1.57. The third kappa shape index (κ3) is 3.69. The second kappa shape index (κ2) is 8.03. The molecule has 3 aromatic rings. The molecule has 2 aliphatic carbocycles. The highest BCUT2D eigenvalue weighted by molar-refractivity contribution is 6.05. The first-order chi connectivity index (χ1) is 15.2. The number of hydrogen-bond acceptors (Lipinski definition) is 1. The minimum Gasteiger partial charge on any atom is -0.450 e. The smallest absolute Gasteiger partial charge is 0.419 e. The van der Waals surface area contributed by atoms with Crippen LogP contribution in [0, 0.1) is 29.4 Å². The summed E-state index contributed by atoms with van der Waals surface area (Å²) in [6, 6.07) is 5.20. The molecule has 0 atom stereocenters. The van der Waals surface area contributed by atoms with E-state index in [4.69, 9.17) is 4.42 Å². The minimum absolute atomic E-state index is 0.0574. The number of benzene rings is 2. The lowest BCUT2D eigenvalue weighted by Gasteiger charge is -2.37. The van der Waals surface area contributed by atoms with Crippen LogP contribution in [0.4, 0.5) is 22.0 Å². The van der Waals surface area contributed by atoms with Gasteiger partial charge in [-0.1, -0.05) is 25.8 Å². The molecule has 2 aliphatic rings. The van der Waals surface area contributed by atoms with Crippen molar-refractivity contribution in [2.24, 2.45) is 17.8 Å². The molecule has 0 amide bonds. The fourth-order valence-electron chi connectivity index (χ4n) is 6.05. The molecule has 0 bridgehead atoms. The molecule has 172 valence electrons. The lowest BCUT2D eigenvalue weighted by atomic mass is 9.68. The zero-order valence-electron chi connectivity index (χ0n) is 18.1. The van der Waals surface area contributed by atoms with E-state index in [1.165, 1.54) is 25.7 Å². The summed E-state index contributed by atoms with van der Waals surface area (Å²) in [7, 11) is 0. The molecule has 6 heteroatoms. The van der Waals surface area contributed by atoms with E-state index in [0.29, 0.717) is 22.9 Å². The van der Waals surface area contributed by atoms with Crippen LogP contribution in [-0.2, 0) is 6.18 Å². The number of fused-ring (bicyclic) bond motifs is 3. The van der Waals surface area contributed by atoms with E-state index >= 15 is 4.39 Å². The molecule has 0 N–H and O–H groups in total. The third-order valence-electron chi connectivity index (χ3n) is 7.96. The predicted molar refractivity (Wildman–Crippen MR) is 114 cm³/mol. The van der Waals surface area contributed by atoms with Crippen LogP contribution in [0.1, 0.15) is 75.3 Å². The predicted octanol–water partition coefficient (Wildman–Crippen LogP) is 8.98. The van der Waals surface area contributed by atoms with Crippen LogP contribution in [0.5, 0.6) is 0 Å². The summed E-state index contributed by atoms with van der Waals surface area (Å²) in [5, 5.41) is 0.463. The number of halogens is 5. The number of rotatable bonds is 2. The lowest BCUT2D eigenvalue weighted by Crippen LogP contribution is -2.25. The zero-order chi connectivity index (χ0) is 22.6. The second-order valence-electron chi connectivity index (χ2n) is 9.88. The highest BCUT2D eigenvalue weighted by Crippen LogP contribution is 2.46. The maximum absolute atomic E-state index is 15.4. The topological polar surface area (TPSA) is 13.1 Å². The molecule has 0 aliphatic heterocycles. The fourth-order valence-corrected chi connectivity index (χ4v) is 6.05. The van der Waals surface area contributed by atoms with Crippen molar-refractivity contribution < 1.29 is 26.4 Å². The van der Waals surface area contributed by atoms with Crippen LogP contribution < -0.4 is 0 Å². The van der Waals surface area contributed by atoms with Gasteiger partial charge in [0, 0.05) is 10.8 Å². The van der Waals surface area contributed by atoms with Crippen molar-refractivity contribution in [3.63, 3.8) is 0 Å². The molecule has 32 heavy (non-hydrogen) atoms. The normalized spacial score (nSPS) is 27.3. The molecule has 2 saturated carbocycles. The quantitative estimate of drug-likeness (QED) is 0.355. The second-order valence-corrected chi connectivity index (χ2v) is 9.88. The van der Waals surface area contributed by atoms with E-state index in [2.05, 4.69) is 6.92 Å². The maximum Gasteiger partial charge on any atom is 0.419 e. The lowest BCUT2D eigenvalue weighted by molar-refractivity contribution is -0.139. The standard InChI is InChI=1S/C26H27F5O/c1-14-2-4-15(5-3-14)16-6-8-17(9-7-16)18-10-11-19-20-12-13-21(26(29,30)31)23(28)25(20)32-24(19)22(18)27/h10-17H,2-9H2,1H3. The van der Waals surface area contributed by atoms with Gasteiger partial charge in [-0.15, -0.1) is 0 Å². The average molecular weight is 450 g/mol. The van der Waals surface area contributed by atoms with Gasteiger partial charge in [0.1, 0.15) is 0 Å². The van der Waals surface area contributed by atoms with Crippen LogP contribution in [0.3, 0.4) is 0 Å². The molecule has 1 aromatic heterocycles. The van der Waals surface area contributed by atoms with Crippen molar-refractivity contribution in [1.29, 1.82) is 0 Å². The van der Waals surface area contributed by atoms with Crippen LogP contribution in [0.2, 0.25) is 0 Å². The summed E-state index contributed by atoms with van der Waals surface area (Å²) in [6.07, 6.45) is 4.29. The number of alkyl halides is 3. The van der Waals surface area contributed by atoms with Gasteiger partial charge in [-0.3, -0.25) is 0 Å².